The van der Waals surface area contributed by atoms with Crippen molar-refractivity contribution in [2.45, 2.75) is 17.0 Å². The van der Waals surface area contributed by atoms with Gasteiger partial charge in [0.15, 0.2) is 0 Å². The lowest BCUT2D eigenvalue weighted by molar-refractivity contribution is 0.637. The smallest absolute Gasteiger partial charge is 0.131 e. The van der Waals surface area contributed by atoms with E-state index in [-0.39, 0.29) is 0 Å². The van der Waals surface area contributed by atoms with E-state index < -0.39 is 4.87 Å². The van der Waals surface area contributed by atoms with Gasteiger partial charge in [-0.15, -0.1) is 11.8 Å². The van der Waals surface area contributed by atoms with Crippen molar-refractivity contribution in [3.63, 3.8) is 0 Å². The molecule has 0 bridgehead atoms. The summed E-state index contributed by atoms with van der Waals surface area (Å²) in [6.07, 6.45) is 0. The zero-order valence-electron chi connectivity index (χ0n) is 9.04. The molecule has 0 spiro atoms. The van der Waals surface area contributed by atoms with Crippen molar-refractivity contribution < 1.29 is 0 Å². The number of hydrogen-bond acceptors (Lipinski definition) is 3. The van der Waals surface area contributed by atoms with Crippen LogP contribution in [0.25, 0.3) is 10.4 Å². The molecule has 2 rings (SSSR count). The maximum absolute atomic E-state index is 8.80. The molecule has 0 N–H and O–H groups in total. The Hall–Kier alpha value is -0.770. The topological polar surface area (TPSA) is 48.8 Å². The molecule has 1 aliphatic rings. The highest BCUT2D eigenvalue weighted by atomic mass is 32.2. The lowest BCUT2D eigenvalue weighted by Crippen LogP contribution is -2.34. The average molecular weight is 251 g/mol. The van der Waals surface area contributed by atoms with Crippen LogP contribution >= 0.6 is 23.5 Å². The summed E-state index contributed by atoms with van der Waals surface area (Å²) >= 11 is 3.63. The van der Waals surface area contributed by atoms with Crippen molar-refractivity contribution >= 4 is 23.5 Å². The van der Waals surface area contributed by atoms with Gasteiger partial charge in [0.05, 0.1) is 0 Å². The number of rotatable bonds is 2. The summed E-state index contributed by atoms with van der Waals surface area (Å²) in [7, 11) is 0. The molecule has 16 heavy (non-hydrogen) atoms. The summed E-state index contributed by atoms with van der Waals surface area (Å²) in [6, 6.07) is 10.1. The van der Waals surface area contributed by atoms with Gasteiger partial charge >= 0.3 is 0 Å². The Bertz CT molecular complexity index is 403. The van der Waals surface area contributed by atoms with E-state index in [1.54, 1.807) is 11.8 Å². The highest BCUT2D eigenvalue weighted by Gasteiger charge is 2.40. The highest BCUT2D eigenvalue weighted by Crippen LogP contribution is 2.49. The predicted molar refractivity (Wildman–Crippen MR) is 71.6 cm³/mol. The van der Waals surface area contributed by atoms with Crippen LogP contribution in [0.15, 0.2) is 35.4 Å². The molecule has 0 aliphatic carbocycles. The first kappa shape index (κ1) is 11.7. The molecule has 0 amide bonds. The molecule has 1 saturated heterocycles. The summed E-state index contributed by atoms with van der Waals surface area (Å²) in [6.45, 7) is 2.14. The summed E-state index contributed by atoms with van der Waals surface area (Å²) in [5.74, 6) is 2.16. The molecule has 3 nitrogen and oxygen atoms in total. The van der Waals surface area contributed by atoms with E-state index in [0.717, 1.165) is 17.1 Å². The van der Waals surface area contributed by atoms with Gasteiger partial charge in [-0.1, -0.05) is 42.4 Å². The van der Waals surface area contributed by atoms with Crippen LogP contribution in [0.3, 0.4) is 0 Å². The van der Waals surface area contributed by atoms with Crippen LogP contribution in [-0.2, 0) is 4.87 Å². The van der Waals surface area contributed by atoms with E-state index in [1.165, 1.54) is 0 Å². The minimum absolute atomic E-state index is 0.310. The monoisotopic (exact) mass is 251 g/mol. The van der Waals surface area contributed by atoms with Gasteiger partial charge in [0.2, 0.25) is 0 Å². The zero-order chi connectivity index (χ0) is 11.4. The molecular weight excluding hydrogens is 238 g/mol. The first-order valence-electron chi connectivity index (χ1n) is 5.17. The van der Waals surface area contributed by atoms with E-state index in [4.69, 9.17) is 5.53 Å². The van der Waals surface area contributed by atoms with Crippen LogP contribution in [0.2, 0.25) is 0 Å². The van der Waals surface area contributed by atoms with Crippen LogP contribution < -0.4 is 0 Å². The third kappa shape index (κ3) is 2.03. The second-order valence-corrected chi connectivity index (χ2v) is 6.38. The molecule has 0 radical (unpaired) electrons. The van der Waals surface area contributed by atoms with Crippen molar-refractivity contribution in [2.24, 2.45) is 5.11 Å². The summed E-state index contributed by atoms with van der Waals surface area (Å²) in [4.78, 5) is 2.62. The van der Waals surface area contributed by atoms with Crippen molar-refractivity contribution in [1.29, 1.82) is 0 Å². The van der Waals surface area contributed by atoms with Crippen molar-refractivity contribution in [2.75, 3.05) is 11.5 Å². The summed E-state index contributed by atoms with van der Waals surface area (Å²) < 4.78 is 0. The molecule has 2 atom stereocenters. The Labute approximate surface area is 104 Å². The number of benzene rings is 1. The molecule has 0 unspecified atom stereocenters. The Kier molecular flexibility index (Phi) is 3.69. The van der Waals surface area contributed by atoms with Crippen LogP contribution in [0.4, 0.5) is 0 Å². The second kappa shape index (κ2) is 5.04. The minimum atomic E-state index is -0.432. The Morgan fingerprint density at radius 2 is 2.12 bits per heavy atom. The maximum atomic E-state index is 8.80. The van der Waals surface area contributed by atoms with Gasteiger partial charge < -0.3 is 0 Å². The lowest BCUT2D eigenvalue weighted by atomic mass is 10.0. The second-order valence-electron chi connectivity index (χ2n) is 3.61. The van der Waals surface area contributed by atoms with Crippen LogP contribution in [0, 0.1) is 0 Å². The average Bonchev–Trinajstić information content (AvgIpc) is 2.34. The van der Waals surface area contributed by atoms with Gasteiger partial charge in [-0.25, -0.2) is 0 Å². The first-order valence-corrected chi connectivity index (χ1v) is 7.20. The van der Waals surface area contributed by atoms with Crippen LogP contribution in [-0.4, -0.2) is 16.8 Å². The van der Waals surface area contributed by atoms with Gasteiger partial charge in [-0.2, -0.15) is 11.8 Å². The molecule has 1 fully saturated rings. The van der Waals surface area contributed by atoms with E-state index in [0.29, 0.717) is 5.25 Å². The standard InChI is InChI=1S/C11H13N3S2/c1-9-11(13-14-12,16-8-7-15-9)10-5-3-2-4-6-10/h2-6,9H,7-8H2,1H3/t9-,11-/m1/s1. The molecule has 1 aromatic carbocycles. The van der Waals surface area contributed by atoms with Gasteiger partial charge in [-0.3, -0.25) is 0 Å². The van der Waals surface area contributed by atoms with Crippen LogP contribution in [0.1, 0.15) is 12.5 Å². The van der Waals surface area contributed by atoms with E-state index in [9.17, 15) is 0 Å². The van der Waals surface area contributed by atoms with Crippen molar-refractivity contribution in [3.05, 3.63) is 46.3 Å². The fourth-order valence-electron chi connectivity index (χ4n) is 1.88. The quantitative estimate of drug-likeness (QED) is 0.453. The molecule has 1 heterocycles. The SMILES string of the molecule is C[C@H]1SCCS[C@@]1(N=[N+]=[N-])c1ccccc1. The third-order valence-corrected chi connectivity index (χ3v) is 5.91. The summed E-state index contributed by atoms with van der Waals surface area (Å²) in [5.41, 5.74) is 9.91. The van der Waals surface area contributed by atoms with E-state index in [1.807, 2.05) is 42.1 Å². The Balaban J connectivity index is 2.46. The van der Waals surface area contributed by atoms with Gasteiger partial charge in [0.1, 0.15) is 4.87 Å². The number of azide groups is 1. The minimum Gasteiger partial charge on any atom is -0.156 e. The molecule has 5 heteroatoms. The molecule has 0 saturated carbocycles. The van der Waals surface area contributed by atoms with Gasteiger partial charge in [-0.05, 0) is 11.1 Å². The number of nitrogens with zero attached hydrogens (tertiary/aromatic N) is 3. The maximum Gasteiger partial charge on any atom is 0.131 e. The molecule has 1 aliphatic heterocycles. The number of thioether (sulfide) groups is 2. The molecule has 1 aromatic rings. The molecule has 84 valence electrons. The molecule has 0 aromatic heterocycles. The van der Waals surface area contributed by atoms with Crippen molar-refractivity contribution in [3.8, 4) is 0 Å². The fraction of sp³-hybridized carbons (Fsp3) is 0.455. The lowest BCUT2D eigenvalue weighted by Gasteiger charge is -2.38. The zero-order valence-corrected chi connectivity index (χ0v) is 10.7. The third-order valence-electron chi connectivity index (χ3n) is 2.71. The largest absolute Gasteiger partial charge is 0.156 e. The predicted octanol–water partition coefficient (Wildman–Crippen LogP) is 4.02. The Morgan fingerprint density at radius 3 is 2.75 bits per heavy atom. The normalized spacial score (nSPS) is 29.4. The highest BCUT2D eigenvalue weighted by molar-refractivity contribution is 8.07. The fourth-order valence-corrected chi connectivity index (χ4v) is 4.71. The Morgan fingerprint density at radius 1 is 1.38 bits per heavy atom. The molecular formula is C11H13N3S2. The van der Waals surface area contributed by atoms with Crippen molar-refractivity contribution in [1.82, 2.24) is 0 Å². The van der Waals surface area contributed by atoms with E-state index >= 15 is 0 Å². The van der Waals surface area contributed by atoms with Crippen LogP contribution in [0.5, 0.6) is 0 Å². The summed E-state index contributed by atoms with van der Waals surface area (Å²) in [5, 5.41) is 4.40. The first-order chi connectivity index (χ1) is 7.79. The van der Waals surface area contributed by atoms with E-state index in [2.05, 4.69) is 16.9 Å². The van der Waals surface area contributed by atoms with Gasteiger partial charge in [0.25, 0.3) is 0 Å². The van der Waals surface area contributed by atoms with Gasteiger partial charge in [0, 0.05) is 21.7 Å². The number of hydrogen-bond donors (Lipinski definition) is 0.